The summed E-state index contributed by atoms with van der Waals surface area (Å²) in [6, 6.07) is 4.20. The van der Waals surface area contributed by atoms with Crippen molar-refractivity contribution in [2.24, 2.45) is 0 Å². The fraction of sp³-hybridized carbons (Fsp3) is 0.400. The molecule has 1 aromatic carbocycles. The molecule has 12 heavy (non-hydrogen) atoms. The summed E-state index contributed by atoms with van der Waals surface area (Å²) in [7, 11) is 0. The van der Waals surface area contributed by atoms with Gasteiger partial charge in [-0.2, -0.15) is 0 Å². The third-order valence-electron chi connectivity index (χ3n) is 2.26. The number of benzene rings is 1. The molecule has 1 N–H and O–H groups in total. The van der Waals surface area contributed by atoms with Crippen LogP contribution in [0.4, 0.5) is 5.69 Å². The average molecular weight is 182 g/mol. The van der Waals surface area contributed by atoms with E-state index in [4.69, 9.17) is 11.6 Å². The van der Waals surface area contributed by atoms with Crippen LogP contribution in [0.2, 0.25) is 5.02 Å². The van der Waals surface area contributed by atoms with Crippen molar-refractivity contribution in [3.8, 4) is 0 Å². The molecule has 0 unspecified atom stereocenters. The molecule has 0 aromatic heterocycles. The molecule has 0 spiro atoms. The smallest absolute Gasteiger partial charge is 0.0461 e. The second kappa shape index (κ2) is 2.98. The summed E-state index contributed by atoms with van der Waals surface area (Å²) in [6.07, 6.45) is 2.30. The lowest BCUT2D eigenvalue weighted by Gasteiger charge is -2.19. The minimum absolute atomic E-state index is 0.914. The van der Waals surface area contributed by atoms with Gasteiger partial charge in [-0.25, -0.2) is 0 Å². The van der Waals surface area contributed by atoms with Crippen molar-refractivity contribution in [2.75, 3.05) is 11.9 Å². The molecule has 2 heteroatoms. The lowest BCUT2D eigenvalue weighted by Crippen LogP contribution is -2.12. The second-order valence-corrected chi connectivity index (χ2v) is 3.71. The first-order valence-electron chi connectivity index (χ1n) is 4.30. The molecule has 1 aliphatic rings. The minimum atomic E-state index is 0.914. The third-order valence-corrected chi connectivity index (χ3v) is 2.60. The van der Waals surface area contributed by atoms with Crippen molar-refractivity contribution >= 4 is 17.3 Å². The number of rotatable bonds is 0. The molecule has 1 nitrogen and oxygen atoms in total. The summed E-state index contributed by atoms with van der Waals surface area (Å²) in [5.41, 5.74) is 3.74. The van der Waals surface area contributed by atoms with Gasteiger partial charge in [0.05, 0.1) is 0 Å². The molecule has 64 valence electrons. The summed E-state index contributed by atoms with van der Waals surface area (Å²) >= 11 is 6.11. The van der Waals surface area contributed by atoms with E-state index in [1.807, 2.05) is 6.07 Å². The molecular formula is C10H12ClN. The van der Waals surface area contributed by atoms with Crippen molar-refractivity contribution < 1.29 is 0 Å². The van der Waals surface area contributed by atoms with Crippen molar-refractivity contribution in [1.82, 2.24) is 0 Å². The van der Waals surface area contributed by atoms with Crippen LogP contribution >= 0.6 is 11.6 Å². The van der Waals surface area contributed by atoms with Gasteiger partial charge in [0.1, 0.15) is 0 Å². The first-order valence-corrected chi connectivity index (χ1v) is 4.68. The van der Waals surface area contributed by atoms with Crippen LogP contribution in [-0.4, -0.2) is 6.54 Å². The van der Waals surface area contributed by atoms with Gasteiger partial charge in [0.25, 0.3) is 0 Å². The van der Waals surface area contributed by atoms with Gasteiger partial charge < -0.3 is 5.32 Å². The number of nitrogens with one attached hydrogen (secondary N) is 1. The standard InChI is InChI=1S/C10H12ClN/c1-7-5-9(11)8-3-2-4-12-10(8)6-7/h5-6,12H,2-4H2,1H3. The highest BCUT2D eigenvalue weighted by molar-refractivity contribution is 6.31. The van der Waals surface area contributed by atoms with E-state index in [2.05, 4.69) is 18.3 Å². The lowest BCUT2D eigenvalue weighted by molar-refractivity contribution is 0.830. The predicted molar refractivity (Wildman–Crippen MR) is 53.0 cm³/mol. The first-order chi connectivity index (χ1) is 5.77. The van der Waals surface area contributed by atoms with Crippen LogP contribution in [-0.2, 0) is 6.42 Å². The summed E-state index contributed by atoms with van der Waals surface area (Å²) in [5.74, 6) is 0. The predicted octanol–water partition coefficient (Wildman–Crippen LogP) is 3.01. The van der Waals surface area contributed by atoms with Gasteiger partial charge in [-0.05, 0) is 43.0 Å². The third kappa shape index (κ3) is 1.29. The van der Waals surface area contributed by atoms with Crippen molar-refractivity contribution in [2.45, 2.75) is 19.8 Å². The van der Waals surface area contributed by atoms with Crippen LogP contribution in [0.25, 0.3) is 0 Å². The molecule has 2 rings (SSSR count). The number of hydrogen-bond donors (Lipinski definition) is 1. The monoisotopic (exact) mass is 181 g/mol. The highest BCUT2D eigenvalue weighted by atomic mass is 35.5. The Labute approximate surface area is 77.7 Å². The van der Waals surface area contributed by atoms with Crippen LogP contribution in [0.15, 0.2) is 12.1 Å². The van der Waals surface area contributed by atoms with Crippen LogP contribution < -0.4 is 5.32 Å². The SMILES string of the molecule is Cc1cc(Cl)c2c(c1)NCCC2. The zero-order chi connectivity index (χ0) is 8.55. The van der Waals surface area contributed by atoms with Gasteiger partial charge in [0.2, 0.25) is 0 Å². The zero-order valence-electron chi connectivity index (χ0n) is 7.15. The fourth-order valence-electron chi connectivity index (χ4n) is 1.67. The Balaban J connectivity index is 2.53. The fourth-order valence-corrected chi connectivity index (χ4v) is 2.04. The van der Waals surface area contributed by atoms with Gasteiger partial charge in [-0.3, -0.25) is 0 Å². The Morgan fingerprint density at radius 2 is 2.25 bits per heavy atom. The maximum Gasteiger partial charge on any atom is 0.0461 e. The highest BCUT2D eigenvalue weighted by Gasteiger charge is 2.11. The number of hydrogen-bond acceptors (Lipinski definition) is 1. The molecule has 0 atom stereocenters. The highest BCUT2D eigenvalue weighted by Crippen LogP contribution is 2.30. The minimum Gasteiger partial charge on any atom is -0.385 e. The molecule has 0 amide bonds. The number of aryl methyl sites for hydroxylation is 1. The number of anilines is 1. The molecule has 0 radical (unpaired) electrons. The van der Waals surface area contributed by atoms with E-state index in [-0.39, 0.29) is 0 Å². The second-order valence-electron chi connectivity index (χ2n) is 3.30. The molecule has 0 fully saturated rings. The van der Waals surface area contributed by atoms with Crippen molar-refractivity contribution in [3.05, 3.63) is 28.3 Å². The van der Waals surface area contributed by atoms with E-state index >= 15 is 0 Å². The summed E-state index contributed by atoms with van der Waals surface area (Å²) in [6.45, 7) is 3.15. The Morgan fingerprint density at radius 3 is 3.08 bits per heavy atom. The van der Waals surface area contributed by atoms with E-state index < -0.39 is 0 Å². The van der Waals surface area contributed by atoms with Crippen molar-refractivity contribution in [3.63, 3.8) is 0 Å². The lowest BCUT2D eigenvalue weighted by atomic mass is 10.0. The molecule has 0 saturated heterocycles. The van der Waals surface area contributed by atoms with Gasteiger partial charge in [-0.15, -0.1) is 0 Å². The van der Waals surface area contributed by atoms with E-state index in [9.17, 15) is 0 Å². The van der Waals surface area contributed by atoms with Gasteiger partial charge in [0.15, 0.2) is 0 Å². The molecular weight excluding hydrogens is 170 g/mol. The van der Waals surface area contributed by atoms with Gasteiger partial charge >= 0.3 is 0 Å². The van der Waals surface area contributed by atoms with Crippen molar-refractivity contribution in [1.29, 1.82) is 0 Å². The summed E-state index contributed by atoms with van der Waals surface area (Å²) in [4.78, 5) is 0. The molecule has 1 aromatic rings. The maximum atomic E-state index is 6.11. The molecule has 0 bridgehead atoms. The zero-order valence-corrected chi connectivity index (χ0v) is 7.91. The summed E-state index contributed by atoms with van der Waals surface area (Å²) < 4.78 is 0. The first kappa shape index (κ1) is 7.93. The Bertz CT molecular complexity index is 307. The van der Waals surface area contributed by atoms with E-state index in [1.54, 1.807) is 0 Å². The molecule has 0 aliphatic carbocycles. The van der Waals surface area contributed by atoms with Crippen LogP contribution in [0, 0.1) is 6.92 Å². The van der Waals surface area contributed by atoms with Crippen LogP contribution in [0.3, 0.4) is 0 Å². The largest absolute Gasteiger partial charge is 0.385 e. The maximum absolute atomic E-state index is 6.11. The Hall–Kier alpha value is -0.690. The summed E-state index contributed by atoms with van der Waals surface area (Å²) in [5, 5.41) is 4.27. The Kier molecular flexibility index (Phi) is 1.97. The van der Waals surface area contributed by atoms with E-state index in [0.29, 0.717) is 0 Å². The van der Waals surface area contributed by atoms with Gasteiger partial charge in [-0.1, -0.05) is 11.6 Å². The Morgan fingerprint density at radius 1 is 1.42 bits per heavy atom. The normalized spacial score (nSPS) is 15.2. The molecule has 1 heterocycles. The number of fused-ring (bicyclic) bond motifs is 1. The van der Waals surface area contributed by atoms with E-state index in [0.717, 1.165) is 18.0 Å². The van der Waals surface area contributed by atoms with Crippen LogP contribution in [0.5, 0.6) is 0 Å². The number of halogens is 1. The van der Waals surface area contributed by atoms with E-state index in [1.165, 1.54) is 23.2 Å². The average Bonchev–Trinajstić information content (AvgIpc) is 2.04. The quantitative estimate of drug-likeness (QED) is 0.649. The molecule has 1 aliphatic heterocycles. The van der Waals surface area contributed by atoms with Gasteiger partial charge in [0, 0.05) is 17.3 Å². The topological polar surface area (TPSA) is 12.0 Å². The molecule has 0 saturated carbocycles. The van der Waals surface area contributed by atoms with Crippen LogP contribution in [0.1, 0.15) is 17.5 Å².